The van der Waals surface area contributed by atoms with Crippen molar-refractivity contribution < 1.29 is 14.6 Å². The van der Waals surface area contributed by atoms with E-state index in [0.717, 1.165) is 17.7 Å². The summed E-state index contributed by atoms with van der Waals surface area (Å²) in [6, 6.07) is 7.33. The first-order valence-electron chi connectivity index (χ1n) is 7.16. The molecule has 0 saturated heterocycles. The fraction of sp³-hybridized carbons (Fsp3) is 0.562. The van der Waals surface area contributed by atoms with Gasteiger partial charge in [0.2, 0.25) is 5.91 Å². The summed E-state index contributed by atoms with van der Waals surface area (Å²) >= 11 is 0. The summed E-state index contributed by atoms with van der Waals surface area (Å²) in [6.07, 6.45) is 0.158. The molecule has 0 aliphatic rings. The number of ether oxygens (including phenoxy) is 1. The van der Waals surface area contributed by atoms with Crippen LogP contribution in [-0.2, 0) is 4.79 Å². The normalized spacial score (nSPS) is 13.9. The first kappa shape index (κ1) is 16.5. The van der Waals surface area contributed by atoms with Crippen molar-refractivity contribution >= 4 is 5.91 Å². The molecule has 2 unspecified atom stereocenters. The summed E-state index contributed by atoms with van der Waals surface area (Å²) in [7, 11) is 0. The third-order valence-corrected chi connectivity index (χ3v) is 3.14. The molecule has 0 aromatic heterocycles. The van der Waals surface area contributed by atoms with Gasteiger partial charge in [-0.3, -0.25) is 4.79 Å². The van der Waals surface area contributed by atoms with Gasteiger partial charge in [-0.25, -0.2) is 0 Å². The molecule has 20 heavy (non-hydrogen) atoms. The van der Waals surface area contributed by atoms with Crippen LogP contribution in [-0.4, -0.2) is 23.7 Å². The van der Waals surface area contributed by atoms with Crippen LogP contribution in [0.2, 0.25) is 0 Å². The highest BCUT2D eigenvalue weighted by Crippen LogP contribution is 2.20. The van der Waals surface area contributed by atoms with Crippen LogP contribution in [0.15, 0.2) is 24.3 Å². The van der Waals surface area contributed by atoms with Gasteiger partial charge in [-0.05, 0) is 38.0 Å². The van der Waals surface area contributed by atoms with E-state index in [1.54, 1.807) is 6.07 Å². The van der Waals surface area contributed by atoms with Gasteiger partial charge in [0.05, 0.1) is 12.2 Å². The van der Waals surface area contributed by atoms with Crippen LogP contribution in [0.3, 0.4) is 0 Å². The first-order valence-corrected chi connectivity index (χ1v) is 7.16. The zero-order chi connectivity index (χ0) is 15.1. The van der Waals surface area contributed by atoms with Crippen molar-refractivity contribution in [1.82, 2.24) is 5.32 Å². The van der Waals surface area contributed by atoms with Gasteiger partial charge in [0.15, 0.2) is 0 Å². The quantitative estimate of drug-likeness (QED) is 0.806. The molecular weight excluding hydrogens is 254 g/mol. The molecule has 2 atom stereocenters. The van der Waals surface area contributed by atoms with E-state index < -0.39 is 6.10 Å². The highest BCUT2D eigenvalue weighted by Gasteiger charge is 2.14. The maximum absolute atomic E-state index is 11.7. The number of nitrogens with one attached hydrogen (secondary N) is 1. The van der Waals surface area contributed by atoms with Crippen molar-refractivity contribution in [2.24, 2.45) is 5.92 Å². The Bertz CT molecular complexity index is 431. The molecule has 0 spiro atoms. The molecule has 0 aliphatic heterocycles. The molecule has 0 bridgehead atoms. The van der Waals surface area contributed by atoms with E-state index in [9.17, 15) is 9.90 Å². The second-order valence-electron chi connectivity index (χ2n) is 5.31. The lowest BCUT2D eigenvalue weighted by atomic mass is 10.1. The lowest BCUT2D eigenvalue weighted by Gasteiger charge is -2.16. The van der Waals surface area contributed by atoms with E-state index in [2.05, 4.69) is 5.32 Å². The minimum absolute atomic E-state index is 0.0267. The molecule has 4 heteroatoms. The number of aliphatic hydroxyl groups is 1. The molecular formula is C16H25NO3. The van der Waals surface area contributed by atoms with E-state index in [1.165, 1.54) is 0 Å². The number of carbonyl (C=O) groups excluding carboxylic acids is 1. The maximum atomic E-state index is 11.7. The number of hydrogen-bond acceptors (Lipinski definition) is 3. The van der Waals surface area contributed by atoms with Crippen molar-refractivity contribution in [2.45, 2.75) is 46.3 Å². The van der Waals surface area contributed by atoms with Gasteiger partial charge in [0, 0.05) is 12.5 Å². The van der Waals surface area contributed by atoms with Crippen LogP contribution >= 0.6 is 0 Å². The number of hydrogen-bond donors (Lipinski definition) is 2. The molecule has 4 nitrogen and oxygen atoms in total. The summed E-state index contributed by atoms with van der Waals surface area (Å²) < 4.78 is 5.59. The highest BCUT2D eigenvalue weighted by atomic mass is 16.5. The van der Waals surface area contributed by atoms with Crippen molar-refractivity contribution in [1.29, 1.82) is 0 Å². The van der Waals surface area contributed by atoms with E-state index in [4.69, 9.17) is 4.74 Å². The molecule has 0 aliphatic carbocycles. The van der Waals surface area contributed by atoms with Gasteiger partial charge in [-0.2, -0.15) is 0 Å². The third-order valence-electron chi connectivity index (χ3n) is 3.14. The number of rotatable bonds is 7. The summed E-state index contributed by atoms with van der Waals surface area (Å²) in [5.41, 5.74) is 0.743. The van der Waals surface area contributed by atoms with Gasteiger partial charge >= 0.3 is 0 Å². The molecule has 0 heterocycles. The SMILES string of the molecule is CCC(C)C(=O)NCC(O)c1cccc(OC(C)C)c1. The average Bonchev–Trinajstić information content (AvgIpc) is 2.43. The molecule has 1 aromatic carbocycles. The number of amides is 1. The second-order valence-corrected chi connectivity index (χ2v) is 5.31. The smallest absolute Gasteiger partial charge is 0.222 e. The van der Waals surface area contributed by atoms with E-state index >= 15 is 0 Å². The Morgan fingerprint density at radius 3 is 2.65 bits per heavy atom. The van der Waals surface area contributed by atoms with Gasteiger partial charge in [0.25, 0.3) is 0 Å². The second kappa shape index (κ2) is 7.90. The highest BCUT2D eigenvalue weighted by molar-refractivity contribution is 5.78. The molecule has 0 radical (unpaired) electrons. The Kier molecular flexibility index (Phi) is 6.52. The summed E-state index contributed by atoms with van der Waals surface area (Å²) in [6.45, 7) is 7.96. The minimum atomic E-state index is -0.723. The Morgan fingerprint density at radius 1 is 1.35 bits per heavy atom. The third kappa shape index (κ3) is 5.21. The monoisotopic (exact) mass is 279 g/mol. The number of benzene rings is 1. The molecule has 0 fully saturated rings. The van der Waals surface area contributed by atoms with Crippen LogP contribution in [0, 0.1) is 5.92 Å². The molecule has 112 valence electrons. The predicted molar refractivity (Wildman–Crippen MR) is 79.6 cm³/mol. The number of carbonyl (C=O) groups is 1. The Balaban J connectivity index is 2.59. The molecule has 2 N–H and O–H groups in total. The van der Waals surface area contributed by atoms with Crippen molar-refractivity contribution in [3.05, 3.63) is 29.8 Å². The summed E-state index contributed by atoms with van der Waals surface area (Å²) in [5, 5.41) is 12.9. The van der Waals surface area contributed by atoms with Gasteiger partial charge in [0.1, 0.15) is 5.75 Å². The zero-order valence-electron chi connectivity index (χ0n) is 12.7. The van der Waals surface area contributed by atoms with Crippen molar-refractivity contribution in [3.63, 3.8) is 0 Å². The van der Waals surface area contributed by atoms with Crippen LogP contribution in [0.5, 0.6) is 5.75 Å². The fourth-order valence-electron chi connectivity index (χ4n) is 1.74. The molecule has 1 rings (SSSR count). The van der Waals surface area contributed by atoms with Crippen molar-refractivity contribution in [3.8, 4) is 5.75 Å². The van der Waals surface area contributed by atoms with Crippen LogP contribution < -0.4 is 10.1 Å². The summed E-state index contributed by atoms with van der Waals surface area (Å²) in [4.78, 5) is 11.7. The Morgan fingerprint density at radius 2 is 2.05 bits per heavy atom. The van der Waals surface area contributed by atoms with E-state index in [-0.39, 0.29) is 24.5 Å². The molecule has 1 aromatic rings. The van der Waals surface area contributed by atoms with Crippen molar-refractivity contribution in [2.75, 3.05) is 6.54 Å². The average molecular weight is 279 g/mol. The topological polar surface area (TPSA) is 58.6 Å². The van der Waals surface area contributed by atoms with Gasteiger partial charge in [-0.15, -0.1) is 0 Å². The Hall–Kier alpha value is -1.55. The van der Waals surface area contributed by atoms with Gasteiger partial charge < -0.3 is 15.2 Å². The lowest BCUT2D eigenvalue weighted by molar-refractivity contribution is -0.125. The van der Waals surface area contributed by atoms with E-state index in [0.29, 0.717) is 0 Å². The van der Waals surface area contributed by atoms with E-state index in [1.807, 2.05) is 45.9 Å². The molecule has 0 saturated carbocycles. The fourth-order valence-corrected chi connectivity index (χ4v) is 1.74. The minimum Gasteiger partial charge on any atom is -0.491 e. The van der Waals surface area contributed by atoms with Gasteiger partial charge in [-0.1, -0.05) is 26.0 Å². The maximum Gasteiger partial charge on any atom is 0.222 e. The standard InChI is InChI=1S/C16H25NO3/c1-5-12(4)16(19)17-10-15(18)13-7-6-8-14(9-13)20-11(2)3/h6-9,11-12,15,18H,5,10H2,1-4H3,(H,17,19). The Labute approximate surface area is 121 Å². The number of aliphatic hydroxyl groups excluding tert-OH is 1. The zero-order valence-corrected chi connectivity index (χ0v) is 12.7. The predicted octanol–water partition coefficient (Wildman–Crippen LogP) is 2.67. The lowest BCUT2D eigenvalue weighted by Crippen LogP contribution is -2.32. The van der Waals surface area contributed by atoms with Crippen LogP contribution in [0.25, 0.3) is 0 Å². The largest absolute Gasteiger partial charge is 0.491 e. The van der Waals surface area contributed by atoms with Crippen LogP contribution in [0.1, 0.15) is 45.8 Å². The first-order chi connectivity index (χ1) is 9.43. The molecule has 1 amide bonds. The van der Waals surface area contributed by atoms with Crippen LogP contribution in [0.4, 0.5) is 0 Å². The summed E-state index contributed by atoms with van der Waals surface area (Å²) in [5.74, 6) is 0.670.